The van der Waals surface area contributed by atoms with Gasteiger partial charge in [-0.3, -0.25) is 0 Å². The van der Waals surface area contributed by atoms with Crippen molar-refractivity contribution in [3.63, 3.8) is 0 Å². The van der Waals surface area contributed by atoms with Crippen molar-refractivity contribution >= 4 is 18.1 Å². The van der Waals surface area contributed by atoms with Crippen LogP contribution in [-0.2, 0) is 5.41 Å². The van der Waals surface area contributed by atoms with Crippen molar-refractivity contribution in [1.82, 2.24) is 9.97 Å². The Kier molecular flexibility index (Phi) is 4.37. The van der Waals surface area contributed by atoms with Gasteiger partial charge in [-0.2, -0.15) is 5.26 Å². The molecule has 1 aromatic heterocycles. The summed E-state index contributed by atoms with van der Waals surface area (Å²) in [4.78, 5) is 19.7. The molecule has 0 bridgehead atoms. The Morgan fingerprint density at radius 1 is 1.28 bits per heavy atom. The molecule has 0 aliphatic heterocycles. The molecule has 1 aromatic carbocycles. The summed E-state index contributed by atoms with van der Waals surface area (Å²) < 4.78 is 0. The Hall–Kier alpha value is -3.00. The molecular formula is C20H19N3O2. The van der Waals surface area contributed by atoms with E-state index in [-0.39, 0.29) is 16.9 Å². The third-order valence-electron chi connectivity index (χ3n) is 4.47. The lowest BCUT2D eigenvalue weighted by atomic mass is 9.96. The standard InChI is InChI=1S/C20H19N3O2/c1-13(2)18-16(19(24)25)11-22-17(23-18)8-5-14-3-6-15(7-4-14)20(12-21)9-10-20/h3-8,11,13H,9-10H2,1-2H3,(H,24,25)/b8-5+. The van der Waals surface area contributed by atoms with Crippen LogP contribution in [0.1, 0.15) is 65.6 Å². The maximum atomic E-state index is 11.2. The first-order valence-electron chi connectivity index (χ1n) is 8.25. The quantitative estimate of drug-likeness (QED) is 0.893. The lowest BCUT2D eigenvalue weighted by Gasteiger charge is -2.08. The Morgan fingerprint density at radius 2 is 1.96 bits per heavy atom. The molecule has 0 unspecified atom stereocenters. The Morgan fingerprint density at radius 3 is 2.48 bits per heavy atom. The van der Waals surface area contributed by atoms with Crippen molar-refractivity contribution < 1.29 is 9.90 Å². The van der Waals surface area contributed by atoms with Gasteiger partial charge in [0.1, 0.15) is 0 Å². The second-order valence-electron chi connectivity index (χ2n) is 6.64. The monoisotopic (exact) mass is 333 g/mol. The van der Waals surface area contributed by atoms with Gasteiger partial charge in [0, 0.05) is 6.20 Å². The van der Waals surface area contributed by atoms with Crippen LogP contribution in [0.15, 0.2) is 30.5 Å². The van der Waals surface area contributed by atoms with E-state index in [2.05, 4.69) is 16.0 Å². The fourth-order valence-corrected chi connectivity index (χ4v) is 2.77. The van der Waals surface area contributed by atoms with Crippen LogP contribution < -0.4 is 0 Å². The Bertz CT molecular complexity index is 873. The van der Waals surface area contributed by atoms with Gasteiger partial charge in [-0.05, 0) is 36.0 Å². The van der Waals surface area contributed by atoms with Crippen LogP contribution in [0.2, 0.25) is 0 Å². The van der Waals surface area contributed by atoms with Gasteiger partial charge < -0.3 is 5.11 Å². The minimum atomic E-state index is -1.01. The summed E-state index contributed by atoms with van der Waals surface area (Å²) in [5.74, 6) is -0.531. The number of hydrogen-bond acceptors (Lipinski definition) is 4. The fraction of sp³-hybridized carbons (Fsp3) is 0.300. The molecule has 1 N–H and O–H groups in total. The van der Waals surface area contributed by atoms with Crippen LogP contribution in [0.3, 0.4) is 0 Å². The second kappa shape index (κ2) is 6.48. The van der Waals surface area contributed by atoms with Crippen molar-refractivity contribution in [1.29, 1.82) is 5.26 Å². The van der Waals surface area contributed by atoms with Crippen molar-refractivity contribution in [3.05, 3.63) is 58.7 Å². The summed E-state index contributed by atoms with van der Waals surface area (Å²) in [6.07, 6.45) is 6.87. The average molecular weight is 333 g/mol. The summed E-state index contributed by atoms with van der Waals surface area (Å²) in [5, 5.41) is 18.5. The van der Waals surface area contributed by atoms with Crippen molar-refractivity contribution in [3.8, 4) is 6.07 Å². The summed E-state index contributed by atoms with van der Waals surface area (Å²) >= 11 is 0. The van der Waals surface area contributed by atoms with Crippen molar-refractivity contribution in [2.75, 3.05) is 0 Å². The maximum absolute atomic E-state index is 11.2. The highest BCUT2D eigenvalue weighted by atomic mass is 16.4. The number of carbonyl (C=O) groups is 1. The van der Waals surface area contributed by atoms with Crippen molar-refractivity contribution in [2.45, 2.75) is 38.0 Å². The summed E-state index contributed by atoms with van der Waals surface area (Å²) in [7, 11) is 0. The Balaban J connectivity index is 1.81. The molecule has 126 valence electrons. The number of nitriles is 1. The van der Waals surface area contributed by atoms with E-state index in [1.54, 1.807) is 6.08 Å². The van der Waals surface area contributed by atoms with Crippen LogP contribution in [0, 0.1) is 11.3 Å². The molecule has 1 heterocycles. The number of aromatic nitrogens is 2. The van der Waals surface area contributed by atoms with Gasteiger partial charge in [0.2, 0.25) is 0 Å². The largest absolute Gasteiger partial charge is 0.478 e. The first kappa shape index (κ1) is 16.8. The molecule has 25 heavy (non-hydrogen) atoms. The number of nitrogens with zero attached hydrogens (tertiary/aromatic N) is 3. The number of aromatic carboxylic acids is 1. The van der Waals surface area contributed by atoms with Gasteiger partial charge in [-0.1, -0.05) is 44.2 Å². The normalized spacial score (nSPS) is 15.3. The lowest BCUT2D eigenvalue weighted by Crippen LogP contribution is -2.08. The number of hydrogen-bond donors (Lipinski definition) is 1. The topological polar surface area (TPSA) is 86.9 Å². The van der Waals surface area contributed by atoms with Gasteiger partial charge in [0.05, 0.1) is 22.7 Å². The molecule has 1 saturated carbocycles. The van der Waals surface area contributed by atoms with Gasteiger partial charge in [-0.15, -0.1) is 0 Å². The predicted molar refractivity (Wildman–Crippen MR) is 95.0 cm³/mol. The van der Waals surface area contributed by atoms with Gasteiger partial charge >= 0.3 is 5.97 Å². The first-order valence-corrected chi connectivity index (χ1v) is 8.25. The Labute approximate surface area is 146 Å². The van der Waals surface area contributed by atoms with E-state index in [1.165, 1.54) is 6.20 Å². The minimum Gasteiger partial charge on any atom is -0.478 e. The van der Waals surface area contributed by atoms with E-state index >= 15 is 0 Å². The molecular weight excluding hydrogens is 314 g/mol. The molecule has 1 fully saturated rings. The molecule has 5 heteroatoms. The molecule has 0 amide bonds. The van der Waals surface area contributed by atoms with E-state index in [1.807, 2.05) is 44.2 Å². The minimum absolute atomic E-state index is 0.00115. The summed E-state index contributed by atoms with van der Waals surface area (Å²) in [6.45, 7) is 3.81. The zero-order valence-corrected chi connectivity index (χ0v) is 14.2. The molecule has 5 nitrogen and oxygen atoms in total. The molecule has 0 radical (unpaired) electrons. The van der Waals surface area contributed by atoms with Gasteiger partial charge in [-0.25, -0.2) is 14.8 Å². The van der Waals surface area contributed by atoms with Crippen LogP contribution in [0.5, 0.6) is 0 Å². The van der Waals surface area contributed by atoms with Crippen LogP contribution in [0.25, 0.3) is 12.2 Å². The molecule has 0 spiro atoms. The molecule has 2 aromatic rings. The van der Waals surface area contributed by atoms with E-state index in [0.29, 0.717) is 11.5 Å². The highest BCUT2D eigenvalue weighted by molar-refractivity contribution is 5.88. The fourth-order valence-electron chi connectivity index (χ4n) is 2.77. The highest BCUT2D eigenvalue weighted by Crippen LogP contribution is 2.47. The maximum Gasteiger partial charge on any atom is 0.339 e. The molecule has 1 aliphatic carbocycles. The molecule has 0 atom stereocenters. The molecule has 1 aliphatic rings. The number of carboxylic acid groups (broad SMARTS) is 1. The third-order valence-corrected chi connectivity index (χ3v) is 4.47. The third kappa shape index (κ3) is 3.43. The molecule has 3 rings (SSSR count). The summed E-state index contributed by atoms with van der Waals surface area (Å²) in [6, 6.07) is 10.3. The van der Waals surface area contributed by atoms with E-state index in [4.69, 9.17) is 0 Å². The van der Waals surface area contributed by atoms with E-state index in [0.717, 1.165) is 24.0 Å². The van der Waals surface area contributed by atoms with Gasteiger partial charge in [0.15, 0.2) is 5.82 Å². The number of rotatable bonds is 5. The lowest BCUT2D eigenvalue weighted by molar-refractivity contribution is 0.0694. The van der Waals surface area contributed by atoms with Crippen LogP contribution >= 0.6 is 0 Å². The molecule has 0 saturated heterocycles. The van der Waals surface area contributed by atoms with Crippen molar-refractivity contribution in [2.24, 2.45) is 0 Å². The smallest absolute Gasteiger partial charge is 0.339 e. The van der Waals surface area contributed by atoms with Crippen LogP contribution in [0.4, 0.5) is 0 Å². The zero-order valence-electron chi connectivity index (χ0n) is 14.2. The number of carboxylic acids is 1. The SMILES string of the molecule is CC(C)c1nc(/C=C/c2ccc(C3(C#N)CC3)cc2)ncc1C(=O)O. The van der Waals surface area contributed by atoms with E-state index in [9.17, 15) is 15.2 Å². The van der Waals surface area contributed by atoms with E-state index < -0.39 is 5.97 Å². The predicted octanol–water partition coefficient (Wildman–Crippen LogP) is 4.02. The first-order chi connectivity index (χ1) is 11.9. The van der Waals surface area contributed by atoms with Crippen LogP contribution in [-0.4, -0.2) is 21.0 Å². The van der Waals surface area contributed by atoms with Gasteiger partial charge in [0.25, 0.3) is 0 Å². The number of benzene rings is 1. The average Bonchev–Trinajstić information content (AvgIpc) is 3.41. The highest BCUT2D eigenvalue weighted by Gasteiger charge is 2.44. The second-order valence-corrected chi connectivity index (χ2v) is 6.64. The summed E-state index contributed by atoms with van der Waals surface area (Å²) in [5.41, 5.74) is 2.44. The zero-order chi connectivity index (χ0) is 18.0.